The summed E-state index contributed by atoms with van der Waals surface area (Å²) >= 11 is 0. The van der Waals surface area contributed by atoms with Crippen LogP contribution in [0.5, 0.6) is 0 Å². The van der Waals surface area contributed by atoms with Crippen LogP contribution < -0.4 is 5.01 Å². The Bertz CT molecular complexity index is 580. The number of benzene rings is 1. The first kappa shape index (κ1) is 13.3. The largest absolute Gasteiger partial charge is 0.273 e. The molecule has 5 heteroatoms. The Morgan fingerprint density at radius 1 is 1.42 bits per heavy atom. The molecule has 0 saturated heterocycles. The van der Waals surface area contributed by atoms with E-state index in [0.29, 0.717) is 17.9 Å². The van der Waals surface area contributed by atoms with Gasteiger partial charge in [-0.25, -0.2) is 19.1 Å². The zero-order valence-corrected chi connectivity index (χ0v) is 11.0. The number of hydrogen-bond acceptors (Lipinski definition) is 2. The summed E-state index contributed by atoms with van der Waals surface area (Å²) in [5.74, 6) is -0.0193. The zero-order valence-electron chi connectivity index (χ0n) is 11.0. The molecule has 0 aliphatic heterocycles. The lowest BCUT2D eigenvalue weighted by molar-refractivity contribution is -0.118. The van der Waals surface area contributed by atoms with E-state index in [9.17, 15) is 9.18 Å². The zero-order chi connectivity index (χ0) is 13.8. The standard InChI is InChI=1S/C14H16FN3O/c1-3-9-17(11(2)19)18-10-8-16-14(18)12-6-4-5-7-13(12)15/h4-8,10H,3,9H2,1-2H3. The number of halogens is 1. The topological polar surface area (TPSA) is 38.1 Å². The van der Waals surface area contributed by atoms with Crippen LogP contribution in [0.1, 0.15) is 20.3 Å². The van der Waals surface area contributed by atoms with Crippen molar-refractivity contribution in [2.24, 2.45) is 0 Å². The van der Waals surface area contributed by atoms with E-state index < -0.39 is 0 Å². The molecule has 0 atom stereocenters. The van der Waals surface area contributed by atoms with Crippen LogP contribution in [-0.4, -0.2) is 22.1 Å². The second kappa shape index (κ2) is 5.65. The molecule has 1 heterocycles. The molecular weight excluding hydrogens is 245 g/mol. The second-order valence-corrected chi connectivity index (χ2v) is 4.22. The maximum Gasteiger partial charge on any atom is 0.238 e. The van der Waals surface area contributed by atoms with Crippen molar-refractivity contribution in [2.45, 2.75) is 20.3 Å². The highest BCUT2D eigenvalue weighted by Crippen LogP contribution is 2.21. The van der Waals surface area contributed by atoms with Crippen molar-refractivity contribution in [2.75, 3.05) is 11.6 Å². The molecule has 0 bridgehead atoms. The van der Waals surface area contributed by atoms with E-state index in [0.717, 1.165) is 6.42 Å². The maximum atomic E-state index is 13.8. The Labute approximate surface area is 111 Å². The number of hydrogen-bond donors (Lipinski definition) is 0. The molecule has 0 saturated carbocycles. The van der Waals surface area contributed by atoms with E-state index in [1.165, 1.54) is 13.0 Å². The van der Waals surface area contributed by atoms with Gasteiger partial charge in [0.25, 0.3) is 0 Å². The Morgan fingerprint density at radius 2 is 2.16 bits per heavy atom. The summed E-state index contributed by atoms with van der Waals surface area (Å²) in [6.45, 7) is 4.03. The molecule has 0 unspecified atom stereocenters. The Morgan fingerprint density at radius 3 is 2.79 bits per heavy atom. The molecule has 19 heavy (non-hydrogen) atoms. The van der Waals surface area contributed by atoms with Crippen LogP contribution in [0.2, 0.25) is 0 Å². The first-order valence-electron chi connectivity index (χ1n) is 6.21. The van der Waals surface area contributed by atoms with Crippen LogP contribution >= 0.6 is 0 Å². The van der Waals surface area contributed by atoms with Gasteiger partial charge in [-0.3, -0.25) is 4.79 Å². The van der Waals surface area contributed by atoms with Gasteiger partial charge in [-0.15, -0.1) is 0 Å². The summed E-state index contributed by atoms with van der Waals surface area (Å²) < 4.78 is 15.4. The fourth-order valence-corrected chi connectivity index (χ4v) is 1.96. The average molecular weight is 261 g/mol. The minimum absolute atomic E-state index is 0.0996. The van der Waals surface area contributed by atoms with Gasteiger partial charge in [-0.2, -0.15) is 0 Å². The van der Waals surface area contributed by atoms with Gasteiger partial charge in [-0.05, 0) is 18.6 Å². The summed E-state index contributed by atoms with van der Waals surface area (Å²) in [7, 11) is 0. The van der Waals surface area contributed by atoms with E-state index in [2.05, 4.69) is 4.98 Å². The molecule has 0 radical (unpaired) electrons. The molecule has 2 rings (SSSR count). The van der Waals surface area contributed by atoms with Crippen LogP contribution in [0.15, 0.2) is 36.7 Å². The highest BCUT2D eigenvalue weighted by atomic mass is 19.1. The summed E-state index contributed by atoms with van der Waals surface area (Å²) in [5, 5.41) is 1.55. The molecule has 0 N–H and O–H groups in total. The first-order chi connectivity index (χ1) is 9.15. The number of nitrogens with zero attached hydrogens (tertiary/aromatic N) is 3. The Hall–Kier alpha value is -2.17. The summed E-state index contributed by atoms with van der Waals surface area (Å²) in [6, 6.07) is 6.40. The molecule has 0 aliphatic carbocycles. The molecule has 1 amide bonds. The van der Waals surface area contributed by atoms with Gasteiger partial charge < -0.3 is 0 Å². The Kier molecular flexibility index (Phi) is 3.94. The van der Waals surface area contributed by atoms with E-state index in [1.807, 2.05) is 6.92 Å². The number of rotatable bonds is 4. The Balaban J connectivity index is 2.47. The van der Waals surface area contributed by atoms with Gasteiger partial charge in [0.05, 0.1) is 5.56 Å². The summed E-state index contributed by atoms with van der Waals surface area (Å²) in [5.41, 5.74) is 0.384. The normalized spacial score (nSPS) is 10.5. The van der Waals surface area contributed by atoms with Crippen LogP contribution in [0.4, 0.5) is 4.39 Å². The minimum Gasteiger partial charge on any atom is -0.273 e. The van der Waals surface area contributed by atoms with Gasteiger partial charge in [-0.1, -0.05) is 19.1 Å². The molecule has 100 valence electrons. The van der Waals surface area contributed by atoms with Crippen LogP contribution in [0.25, 0.3) is 11.4 Å². The third-order valence-corrected chi connectivity index (χ3v) is 2.80. The molecule has 1 aromatic heterocycles. The third-order valence-electron chi connectivity index (χ3n) is 2.80. The lowest BCUT2D eigenvalue weighted by atomic mass is 10.2. The fourth-order valence-electron chi connectivity index (χ4n) is 1.96. The van der Waals surface area contributed by atoms with Crippen molar-refractivity contribution in [1.29, 1.82) is 0 Å². The lowest BCUT2D eigenvalue weighted by Crippen LogP contribution is -2.39. The molecule has 0 spiro atoms. The quantitative estimate of drug-likeness (QED) is 0.848. The van der Waals surface area contributed by atoms with Gasteiger partial charge >= 0.3 is 0 Å². The highest BCUT2D eigenvalue weighted by molar-refractivity contribution is 5.84. The van der Waals surface area contributed by atoms with Gasteiger partial charge in [0, 0.05) is 25.9 Å². The molecule has 2 aromatic rings. The van der Waals surface area contributed by atoms with Crippen molar-refractivity contribution >= 4 is 5.91 Å². The average Bonchev–Trinajstić information content (AvgIpc) is 2.84. The van der Waals surface area contributed by atoms with Crippen LogP contribution in [0.3, 0.4) is 0 Å². The first-order valence-corrected chi connectivity index (χ1v) is 6.21. The molecule has 4 nitrogen and oxygen atoms in total. The van der Waals surface area contributed by atoms with Crippen LogP contribution in [-0.2, 0) is 4.79 Å². The van der Waals surface area contributed by atoms with Gasteiger partial charge in [0.15, 0.2) is 5.82 Å². The predicted molar refractivity (Wildman–Crippen MR) is 71.7 cm³/mol. The minimum atomic E-state index is -0.352. The number of aromatic nitrogens is 2. The number of carbonyl (C=O) groups is 1. The molecule has 0 aliphatic rings. The van der Waals surface area contributed by atoms with Crippen LogP contribution in [0, 0.1) is 5.82 Å². The van der Waals surface area contributed by atoms with Crippen molar-refractivity contribution < 1.29 is 9.18 Å². The number of amides is 1. The van der Waals surface area contributed by atoms with E-state index in [1.54, 1.807) is 40.3 Å². The van der Waals surface area contributed by atoms with E-state index >= 15 is 0 Å². The number of carbonyl (C=O) groups excluding carboxylic acids is 1. The van der Waals surface area contributed by atoms with Gasteiger partial charge in [0.2, 0.25) is 5.91 Å². The summed E-state index contributed by atoms with van der Waals surface area (Å²) in [4.78, 5) is 15.8. The summed E-state index contributed by atoms with van der Waals surface area (Å²) in [6.07, 6.45) is 4.04. The molecule has 0 fully saturated rings. The highest BCUT2D eigenvalue weighted by Gasteiger charge is 2.17. The lowest BCUT2D eigenvalue weighted by Gasteiger charge is -2.23. The van der Waals surface area contributed by atoms with Crippen molar-refractivity contribution in [3.05, 3.63) is 42.5 Å². The molecular formula is C14H16FN3O. The van der Waals surface area contributed by atoms with E-state index in [-0.39, 0.29) is 11.7 Å². The van der Waals surface area contributed by atoms with E-state index in [4.69, 9.17) is 0 Å². The van der Waals surface area contributed by atoms with Crippen molar-refractivity contribution in [3.63, 3.8) is 0 Å². The SMILES string of the molecule is CCCN(C(C)=O)n1ccnc1-c1ccccc1F. The predicted octanol–water partition coefficient (Wildman–Crippen LogP) is 2.58. The van der Waals surface area contributed by atoms with Crippen molar-refractivity contribution in [1.82, 2.24) is 9.66 Å². The van der Waals surface area contributed by atoms with Crippen molar-refractivity contribution in [3.8, 4) is 11.4 Å². The van der Waals surface area contributed by atoms with Gasteiger partial charge in [0.1, 0.15) is 5.82 Å². The fraction of sp³-hybridized carbons (Fsp3) is 0.286. The second-order valence-electron chi connectivity index (χ2n) is 4.22. The maximum absolute atomic E-state index is 13.8. The molecule has 1 aromatic carbocycles. The number of imidazole rings is 1. The third kappa shape index (κ3) is 2.65. The smallest absolute Gasteiger partial charge is 0.238 e. The monoisotopic (exact) mass is 261 g/mol.